The lowest BCUT2D eigenvalue weighted by molar-refractivity contribution is 0.281. The quantitative estimate of drug-likeness (QED) is 0.763. The maximum absolute atomic E-state index is 8.78. The molecule has 3 heteroatoms. The van der Waals surface area contributed by atoms with Gasteiger partial charge in [0.25, 0.3) is 0 Å². The van der Waals surface area contributed by atoms with Crippen LogP contribution in [0.25, 0.3) is 0 Å². The summed E-state index contributed by atoms with van der Waals surface area (Å²) in [6.07, 6.45) is 0. The minimum absolute atomic E-state index is 0.132. The predicted molar refractivity (Wildman–Crippen MR) is 57.8 cm³/mol. The van der Waals surface area contributed by atoms with Gasteiger partial charge in [-0.1, -0.05) is 0 Å². The van der Waals surface area contributed by atoms with Crippen molar-refractivity contribution in [2.75, 3.05) is 0 Å². The summed E-state index contributed by atoms with van der Waals surface area (Å²) in [5, 5.41) is 8.78. The van der Waals surface area contributed by atoms with E-state index in [2.05, 4.69) is 51.2 Å². The van der Waals surface area contributed by atoms with E-state index >= 15 is 0 Å². The van der Waals surface area contributed by atoms with Gasteiger partial charge in [-0.25, -0.2) is 0 Å². The van der Waals surface area contributed by atoms with Crippen LogP contribution in [0.15, 0.2) is 18.2 Å². The first-order valence-electron chi connectivity index (χ1n) is 2.78. The fourth-order valence-corrected chi connectivity index (χ4v) is 2.77. The Morgan fingerprint density at radius 2 is 1.60 bits per heavy atom. The van der Waals surface area contributed by atoms with Gasteiger partial charge in [-0.2, -0.15) is 0 Å². The molecule has 0 aliphatic heterocycles. The standard InChI is InChI=1S/C7H6I2O/c8-6-1-5(4-10)2-7(9)3-6/h1-3,10H,4H2. The topological polar surface area (TPSA) is 20.2 Å². The summed E-state index contributed by atoms with van der Waals surface area (Å²) in [4.78, 5) is 0. The summed E-state index contributed by atoms with van der Waals surface area (Å²) in [5.41, 5.74) is 0.983. The molecular formula is C7H6I2O. The summed E-state index contributed by atoms with van der Waals surface area (Å²) in [6, 6.07) is 6.02. The normalized spacial score (nSPS) is 9.90. The molecule has 0 aliphatic carbocycles. The predicted octanol–water partition coefficient (Wildman–Crippen LogP) is 2.39. The third-order valence-electron chi connectivity index (χ3n) is 1.10. The zero-order valence-electron chi connectivity index (χ0n) is 5.14. The monoisotopic (exact) mass is 360 g/mol. The minimum Gasteiger partial charge on any atom is -0.392 e. The van der Waals surface area contributed by atoms with Crippen LogP contribution in [0.1, 0.15) is 5.56 Å². The number of aliphatic hydroxyl groups is 1. The van der Waals surface area contributed by atoms with Crippen molar-refractivity contribution < 1.29 is 5.11 Å². The fourth-order valence-electron chi connectivity index (χ4n) is 0.702. The van der Waals surface area contributed by atoms with Crippen molar-refractivity contribution in [3.63, 3.8) is 0 Å². The summed E-state index contributed by atoms with van der Waals surface area (Å²) >= 11 is 4.48. The fraction of sp³-hybridized carbons (Fsp3) is 0.143. The Bertz CT molecular complexity index is 215. The van der Waals surface area contributed by atoms with Crippen LogP contribution in [0.3, 0.4) is 0 Å². The number of hydrogen-bond donors (Lipinski definition) is 1. The van der Waals surface area contributed by atoms with Gasteiger partial charge in [0.15, 0.2) is 0 Å². The van der Waals surface area contributed by atoms with Crippen LogP contribution in [0, 0.1) is 7.14 Å². The first kappa shape index (κ1) is 8.73. The highest BCUT2D eigenvalue weighted by atomic mass is 127. The molecule has 1 aromatic carbocycles. The van der Waals surface area contributed by atoms with E-state index in [1.807, 2.05) is 12.1 Å². The molecule has 0 aliphatic rings. The molecule has 0 heterocycles. The molecule has 1 N–H and O–H groups in total. The molecular weight excluding hydrogens is 354 g/mol. The highest BCUT2D eigenvalue weighted by Crippen LogP contribution is 2.13. The van der Waals surface area contributed by atoms with Crippen molar-refractivity contribution in [1.29, 1.82) is 0 Å². The van der Waals surface area contributed by atoms with Gasteiger partial charge in [-0.05, 0) is 68.9 Å². The molecule has 0 spiro atoms. The minimum atomic E-state index is 0.132. The zero-order chi connectivity index (χ0) is 7.56. The Kier molecular flexibility index (Phi) is 3.38. The number of rotatable bonds is 1. The average Bonchev–Trinajstić information content (AvgIpc) is 1.85. The largest absolute Gasteiger partial charge is 0.392 e. The Labute approximate surface area is 87.1 Å². The summed E-state index contributed by atoms with van der Waals surface area (Å²) in [7, 11) is 0. The van der Waals surface area contributed by atoms with Gasteiger partial charge < -0.3 is 5.11 Å². The van der Waals surface area contributed by atoms with Crippen molar-refractivity contribution in [3.8, 4) is 0 Å². The summed E-state index contributed by atoms with van der Waals surface area (Å²) in [5.74, 6) is 0. The van der Waals surface area contributed by atoms with E-state index in [0.717, 1.165) is 5.56 Å². The van der Waals surface area contributed by atoms with E-state index in [1.54, 1.807) is 0 Å². The van der Waals surface area contributed by atoms with Crippen LogP contribution < -0.4 is 0 Å². The van der Waals surface area contributed by atoms with Crippen LogP contribution in [-0.2, 0) is 6.61 Å². The second kappa shape index (κ2) is 3.87. The average molecular weight is 360 g/mol. The van der Waals surface area contributed by atoms with Gasteiger partial charge in [0.2, 0.25) is 0 Å². The summed E-state index contributed by atoms with van der Waals surface area (Å²) in [6.45, 7) is 0.132. The molecule has 1 aromatic rings. The van der Waals surface area contributed by atoms with Crippen LogP contribution in [0.4, 0.5) is 0 Å². The van der Waals surface area contributed by atoms with Crippen LogP contribution >= 0.6 is 45.2 Å². The molecule has 0 bridgehead atoms. The Balaban J connectivity index is 3.06. The highest BCUT2D eigenvalue weighted by Gasteiger charge is 1.94. The molecule has 0 amide bonds. The van der Waals surface area contributed by atoms with Gasteiger partial charge in [-0.3, -0.25) is 0 Å². The van der Waals surface area contributed by atoms with Crippen molar-refractivity contribution >= 4 is 45.2 Å². The summed E-state index contributed by atoms with van der Waals surface area (Å²) < 4.78 is 2.35. The molecule has 0 unspecified atom stereocenters. The lowest BCUT2D eigenvalue weighted by Gasteiger charge is -1.97. The highest BCUT2D eigenvalue weighted by molar-refractivity contribution is 14.1. The van der Waals surface area contributed by atoms with Crippen molar-refractivity contribution in [3.05, 3.63) is 30.9 Å². The Morgan fingerprint density at radius 3 is 2.00 bits per heavy atom. The smallest absolute Gasteiger partial charge is 0.0682 e. The molecule has 1 rings (SSSR count). The Morgan fingerprint density at radius 1 is 1.10 bits per heavy atom. The van der Waals surface area contributed by atoms with E-state index < -0.39 is 0 Å². The molecule has 10 heavy (non-hydrogen) atoms. The van der Waals surface area contributed by atoms with E-state index in [0.29, 0.717) is 0 Å². The van der Waals surface area contributed by atoms with Gasteiger partial charge in [-0.15, -0.1) is 0 Å². The third-order valence-corrected chi connectivity index (χ3v) is 2.35. The van der Waals surface area contributed by atoms with E-state index in [-0.39, 0.29) is 6.61 Å². The third kappa shape index (κ3) is 2.35. The van der Waals surface area contributed by atoms with Gasteiger partial charge >= 0.3 is 0 Å². The zero-order valence-corrected chi connectivity index (χ0v) is 9.46. The van der Waals surface area contributed by atoms with Crippen molar-refractivity contribution in [2.24, 2.45) is 0 Å². The Hall–Kier alpha value is 0.640. The van der Waals surface area contributed by atoms with E-state index in [4.69, 9.17) is 5.11 Å². The van der Waals surface area contributed by atoms with Crippen LogP contribution in [0.2, 0.25) is 0 Å². The van der Waals surface area contributed by atoms with Crippen LogP contribution in [0.5, 0.6) is 0 Å². The molecule has 54 valence electrons. The first-order chi connectivity index (χ1) is 4.72. The molecule has 0 aromatic heterocycles. The maximum Gasteiger partial charge on any atom is 0.0682 e. The second-order valence-electron chi connectivity index (χ2n) is 1.94. The van der Waals surface area contributed by atoms with Crippen molar-refractivity contribution in [1.82, 2.24) is 0 Å². The molecule has 0 atom stereocenters. The molecule has 0 saturated carbocycles. The van der Waals surface area contributed by atoms with Crippen molar-refractivity contribution in [2.45, 2.75) is 6.61 Å². The molecule has 0 radical (unpaired) electrons. The van der Waals surface area contributed by atoms with Gasteiger partial charge in [0.1, 0.15) is 0 Å². The first-order valence-corrected chi connectivity index (χ1v) is 4.94. The number of halogens is 2. The number of hydrogen-bond acceptors (Lipinski definition) is 1. The SMILES string of the molecule is OCc1cc(I)cc(I)c1. The van der Waals surface area contributed by atoms with Crippen LogP contribution in [-0.4, -0.2) is 5.11 Å². The molecule has 1 nitrogen and oxygen atoms in total. The molecule has 0 saturated heterocycles. The lowest BCUT2D eigenvalue weighted by Crippen LogP contribution is -1.85. The van der Waals surface area contributed by atoms with E-state index in [1.165, 1.54) is 7.14 Å². The number of aliphatic hydroxyl groups excluding tert-OH is 1. The van der Waals surface area contributed by atoms with Gasteiger partial charge in [0.05, 0.1) is 6.61 Å². The van der Waals surface area contributed by atoms with Gasteiger partial charge in [0, 0.05) is 7.14 Å². The maximum atomic E-state index is 8.78. The van der Waals surface area contributed by atoms with E-state index in [9.17, 15) is 0 Å². The lowest BCUT2D eigenvalue weighted by atomic mass is 10.2. The molecule has 0 fully saturated rings. The second-order valence-corrected chi connectivity index (χ2v) is 4.43. The number of benzene rings is 1.